The highest BCUT2D eigenvalue weighted by molar-refractivity contribution is 8.01. The van der Waals surface area contributed by atoms with Gasteiger partial charge in [0.2, 0.25) is 5.13 Å². The van der Waals surface area contributed by atoms with E-state index < -0.39 is 15.9 Å². The van der Waals surface area contributed by atoms with Crippen molar-refractivity contribution in [3.05, 3.63) is 60.2 Å². The molecular weight excluding hydrogens is 416 g/mol. The molecule has 0 saturated heterocycles. The third-order valence-electron chi connectivity index (χ3n) is 3.43. The van der Waals surface area contributed by atoms with Gasteiger partial charge in [-0.25, -0.2) is 8.42 Å². The Balaban J connectivity index is 1.80. The van der Waals surface area contributed by atoms with Gasteiger partial charge in [0.05, 0.1) is 16.1 Å². The Labute approximate surface area is 171 Å². The molecule has 0 radical (unpaired) electrons. The van der Waals surface area contributed by atoms with Gasteiger partial charge in [-0.15, -0.1) is 10.2 Å². The summed E-state index contributed by atoms with van der Waals surface area (Å²) in [6.07, 6.45) is 0. The summed E-state index contributed by atoms with van der Waals surface area (Å²) in [7, 11) is -3.81. The van der Waals surface area contributed by atoms with E-state index >= 15 is 0 Å². The number of carbonyl (C=O) groups is 1. The maximum absolute atomic E-state index is 12.7. The van der Waals surface area contributed by atoms with Crippen molar-refractivity contribution < 1.29 is 13.2 Å². The second kappa shape index (κ2) is 8.72. The number of carbonyl (C=O) groups excluding carboxylic acids is 1. The van der Waals surface area contributed by atoms with Crippen LogP contribution in [0.2, 0.25) is 0 Å². The Hall–Kier alpha value is -2.43. The first-order chi connectivity index (χ1) is 13.3. The number of amides is 1. The summed E-state index contributed by atoms with van der Waals surface area (Å²) in [6.45, 7) is 4.08. The molecule has 0 aliphatic rings. The summed E-state index contributed by atoms with van der Waals surface area (Å²) in [5, 5.41) is 11.4. The minimum atomic E-state index is -3.81. The fourth-order valence-corrected chi connectivity index (χ4v) is 5.32. The minimum absolute atomic E-state index is 0.115. The molecule has 2 aromatic carbocycles. The highest BCUT2D eigenvalue weighted by Gasteiger charge is 2.19. The van der Waals surface area contributed by atoms with Gasteiger partial charge in [0.1, 0.15) is 0 Å². The van der Waals surface area contributed by atoms with E-state index in [0.29, 0.717) is 10.4 Å². The molecule has 0 saturated carbocycles. The Morgan fingerprint density at radius 1 is 1.04 bits per heavy atom. The van der Waals surface area contributed by atoms with Gasteiger partial charge in [-0.1, -0.05) is 67.3 Å². The molecular formula is C18H18N4O3S3. The van der Waals surface area contributed by atoms with Crippen LogP contribution in [-0.2, 0) is 10.0 Å². The van der Waals surface area contributed by atoms with E-state index in [1.54, 1.807) is 48.2 Å². The van der Waals surface area contributed by atoms with Crippen molar-refractivity contribution in [2.24, 2.45) is 0 Å². The zero-order valence-corrected chi connectivity index (χ0v) is 17.6. The van der Waals surface area contributed by atoms with Gasteiger partial charge in [0.15, 0.2) is 4.34 Å². The highest BCUT2D eigenvalue weighted by atomic mass is 32.2. The largest absolute Gasteiger partial charge is 0.296 e. The second-order valence-corrected chi connectivity index (χ2v) is 10.4. The average Bonchev–Trinajstić information content (AvgIpc) is 3.08. The summed E-state index contributed by atoms with van der Waals surface area (Å²) < 4.78 is 28.4. The lowest BCUT2D eigenvalue weighted by Crippen LogP contribution is -2.18. The SMILES string of the molecule is CC(C)Sc1nnc(NC(=O)c2ccccc2NS(=O)(=O)c2ccccc2)s1. The van der Waals surface area contributed by atoms with Crippen LogP contribution >= 0.6 is 23.1 Å². The van der Waals surface area contributed by atoms with Crippen molar-refractivity contribution in [2.75, 3.05) is 10.0 Å². The van der Waals surface area contributed by atoms with Crippen molar-refractivity contribution in [1.29, 1.82) is 0 Å². The predicted molar refractivity (Wildman–Crippen MR) is 113 cm³/mol. The molecule has 28 heavy (non-hydrogen) atoms. The third-order valence-corrected chi connectivity index (χ3v) is 6.74. The second-order valence-electron chi connectivity index (χ2n) is 5.96. The van der Waals surface area contributed by atoms with Crippen LogP contribution in [-0.4, -0.2) is 29.8 Å². The highest BCUT2D eigenvalue weighted by Crippen LogP contribution is 2.29. The summed E-state index contributed by atoms with van der Waals surface area (Å²) in [4.78, 5) is 12.8. The number of nitrogens with zero attached hydrogens (tertiary/aromatic N) is 2. The monoisotopic (exact) mass is 434 g/mol. The molecule has 3 aromatic rings. The molecule has 1 aromatic heterocycles. The number of hydrogen-bond acceptors (Lipinski definition) is 7. The van der Waals surface area contributed by atoms with Crippen molar-refractivity contribution in [2.45, 2.75) is 28.3 Å². The van der Waals surface area contributed by atoms with Crippen LogP contribution in [0, 0.1) is 0 Å². The number of sulfonamides is 1. The number of nitrogens with one attached hydrogen (secondary N) is 2. The molecule has 146 valence electrons. The molecule has 0 atom stereocenters. The maximum atomic E-state index is 12.7. The van der Waals surface area contributed by atoms with Crippen LogP contribution in [0.4, 0.5) is 10.8 Å². The fourth-order valence-electron chi connectivity index (χ4n) is 2.25. The molecule has 10 heteroatoms. The lowest BCUT2D eigenvalue weighted by atomic mass is 10.2. The van der Waals surface area contributed by atoms with Gasteiger partial charge < -0.3 is 0 Å². The molecule has 0 bridgehead atoms. The number of rotatable bonds is 7. The van der Waals surface area contributed by atoms with Crippen molar-refractivity contribution in [3.63, 3.8) is 0 Å². The smallest absolute Gasteiger partial charge is 0.261 e. The Bertz CT molecular complexity index is 1070. The molecule has 0 fully saturated rings. The predicted octanol–water partition coefficient (Wildman–Crippen LogP) is 4.09. The van der Waals surface area contributed by atoms with Crippen LogP contribution in [0.1, 0.15) is 24.2 Å². The average molecular weight is 435 g/mol. The van der Waals surface area contributed by atoms with E-state index in [1.165, 1.54) is 29.5 Å². The van der Waals surface area contributed by atoms with E-state index in [4.69, 9.17) is 0 Å². The van der Waals surface area contributed by atoms with Crippen molar-refractivity contribution in [3.8, 4) is 0 Å². The van der Waals surface area contributed by atoms with Gasteiger partial charge in [0, 0.05) is 5.25 Å². The molecule has 1 heterocycles. The van der Waals surface area contributed by atoms with E-state index in [9.17, 15) is 13.2 Å². The molecule has 0 unspecified atom stereocenters. The summed E-state index contributed by atoms with van der Waals surface area (Å²) in [6, 6.07) is 14.4. The molecule has 2 N–H and O–H groups in total. The van der Waals surface area contributed by atoms with Crippen LogP contribution in [0.5, 0.6) is 0 Å². The lowest BCUT2D eigenvalue weighted by molar-refractivity contribution is 0.102. The van der Waals surface area contributed by atoms with E-state index in [0.717, 1.165) is 4.34 Å². The summed E-state index contributed by atoms with van der Waals surface area (Å²) in [5.74, 6) is -0.469. The van der Waals surface area contributed by atoms with Gasteiger partial charge in [0.25, 0.3) is 15.9 Å². The topological polar surface area (TPSA) is 101 Å². The zero-order chi connectivity index (χ0) is 20.1. The number of aromatic nitrogens is 2. The minimum Gasteiger partial charge on any atom is -0.296 e. The third kappa shape index (κ3) is 5.09. The molecule has 0 aliphatic carbocycles. The first-order valence-electron chi connectivity index (χ1n) is 8.33. The molecule has 0 spiro atoms. The fraction of sp³-hybridized carbons (Fsp3) is 0.167. The number of hydrogen-bond donors (Lipinski definition) is 2. The Morgan fingerprint density at radius 2 is 1.71 bits per heavy atom. The van der Waals surface area contributed by atoms with E-state index in [1.807, 2.05) is 13.8 Å². The normalized spacial score (nSPS) is 11.4. The first-order valence-corrected chi connectivity index (χ1v) is 11.5. The first kappa shape index (κ1) is 20.3. The van der Waals surface area contributed by atoms with Crippen LogP contribution in [0.3, 0.4) is 0 Å². The van der Waals surface area contributed by atoms with Gasteiger partial charge in [-0.3, -0.25) is 14.8 Å². The van der Waals surface area contributed by atoms with Gasteiger partial charge >= 0.3 is 0 Å². The molecule has 3 rings (SSSR count). The lowest BCUT2D eigenvalue weighted by Gasteiger charge is -2.12. The number of anilines is 2. The van der Waals surface area contributed by atoms with E-state index in [2.05, 4.69) is 20.2 Å². The Kier molecular flexibility index (Phi) is 6.32. The summed E-state index contributed by atoms with van der Waals surface area (Å²) in [5.41, 5.74) is 0.375. The maximum Gasteiger partial charge on any atom is 0.261 e. The zero-order valence-electron chi connectivity index (χ0n) is 15.1. The van der Waals surface area contributed by atoms with Crippen LogP contribution < -0.4 is 10.0 Å². The standard InChI is InChI=1S/C18H18N4O3S3/c1-12(2)26-18-21-20-17(27-18)19-16(23)14-10-6-7-11-15(14)22-28(24,25)13-8-4-3-5-9-13/h3-12,22H,1-2H3,(H,19,20,23). The summed E-state index contributed by atoms with van der Waals surface area (Å²) >= 11 is 2.82. The number of thioether (sulfide) groups is 1. The number of benzene rings is 2. The molecule has 7 nitrogen and oxygen atoms in total. The van der Waals surface area contributed by atoms with Crippen LogP contribution in [0.25, 0.3) is 0 Å². The Morgan fingerprint density at radius 3 is 2.43 bits per heavy atom. The van der Waals surface area contributed by atoms with Crippen molar-refractivity contribution >= 4 is 49.8 Å². The quantitative estimate of drug-likeness (QED) is 0.429. The van der Waals surface area contributed by atoms with E-state index in [-0.39, 0.29) is 16.1 Å². The van der Waals surface area contributed by atoms with Gasteiger partial charge in [-0.05, 0) is 24.3 Å². The molecule has 1 amide bonds. The molecule has 0 aliphatic heterocycles. The van der Waals surface area contributed by atoms with Crippen LogP contribution in [0.15, 0.2) is 63.8 Å². The van der Waals surface area contributed by atoms with Crippen molar-refractivity contribution in [1.82, 2.24) is 10.2 Å². The number of para-hydroxylation sites is 1. The van der Waals surface area contributed by atoms with Gasteiger partial charge in [-0.2, -0.15) is 0 Å².